The Kier molecular flexibility index (Phi) is 4.23. The molecule has 3 N–H and O–H groups in total. The molecule has 0 aromatic rings. The summed E-state index contributed by atoms with van der Waals surface area (Å²) in [6.45, 7) is 8.89. The van der Waals surface area contributed by atoms with Crippen molar-refractivity contribution in [1.29, 1.82) is 0 Å². The maximum Gasteiger partial charge on any atom is 0.0827 e. The van der Waals surface area contributed by atoms with Gasteiger partial charge in [0, 0.05) is 0 Å². The molecule has 23 heavy (non-hydrogen) atoms. The molecule has 0 radical (unpaired) electrons. The Morgan fingerprint density at radius 1 is 1.17 bits per heavy atom. The van der Waals surface area contributed by atoms with Crippen LogP contribution >= 0.6 is 0 Å². The Morgan fingerprint density at radius 3 is 2.52 bits per heavy atom. The predicted octanol–water partition coefficient (Wildman–Crippen LogP) is 3.28. The van der Waals surface area contributed by atoms with Crippen molar-refractivity contribution in [3.8, 4) is 0 Å². The molecule has 0 unspecified atom stereocenters. The molecule has 2 saturated carbocycles. The van der Waals surface area contributed by atoms with Gasteiger partial charge in [-0.2, -0.15) is 0 Å². The van der Waals surface area contributed by atoms with Crippen molar-refractivity contribution < 1.29 is 15.3 Å². The van der Waals surface area contributed by atoms with E-state index in [0.717, 1.165) is 38.5 Å². The second kappa shape index (κ2) is 5.57. The average molecular weight is 322 g/mol. The van der Waals surface area contributed by atoms with E-state index in [1.54, 1.807) is 0 Å². The van der Waals surface area contributed by atoms with Gasteiger partial charge in [0.05, 0.1) is 18.8 Å². The minimum absolute atomic E-state index is 0.0274. The monoisotopic (exact) mass is 322 g/mol. The van der Waals surface area contributed by atoms with Crippen LogP contribution in [0.2, 0.25) is 0 Å². The van der Waals surface area contributed by atoms with Crippen molar-refractivity contribution in [2.45, 2.75) is 78.4 Å². The van der Waals surface area contributed by atoms with Gasteiger partial charge < -0.3 is 15.3 Å². The highest BCUT2D eigenvalue weighted by atomic mass is 16.3. The van der Waals surface area contributed by atoms with Crippen molar-refractivity contribution >= 4 is 0 Å². The highest BCUT2D eigenvalue weighted by Gasteiger charge is 2.57. The first-order valence-corrected chi connectivity index (χ1v) is 9.31. The molecule has 3 aliphatic rings. The number of hydrogen-bond donors (Lipinski definition) is 3. The molecule has 132 valence electrons. The first kappa shape index (κ1) is 17.4. The predicted molar refractivity (Wildman–Crippen MR) is 91.9 cm³/mol. The van der Waals surface area contributed by atoms with Crippen LogP contribution in [0.25, 0.3) is 0 Å². The molecular weight excluding hydrogens is 288 g/mol. The first-order chi connectivity index (χ1) is 10.6. The Bertz CT molecular complexity index is 497. The molecule has 0 amide bonds. The van der Waals surface area contributed by atoms with Crippen LogP contribution in [-0.4, -0.2) is 34.1 Å². The SMILES string of the molecule is CC1(C)[C@H]2CC=C3C[C@@](C)([C@H](O)CO)CC[C@H]3[C@]2(C)CC[C@@H]1O. The van der Waals surface area contributed by atoms with Crippen molar-refractivity contribution in [3.05, 3.63) is 11.6 Å². The summed E-state index contributed by atoms with van der Waals surface area (Å²) in [5, 5.41) is 30.1. The van der Waals surface area contributed by atoms with E-state index in [1.807, 2.05) is 0 Å². The molecule has 3 nitrogen and oxygen atoms in total. The lowest BCUT2D eigenvalue weighted by Gasteiger charge is -2.60. The molecule has 0 aliphatic heterocycles. The normalized spacial score (nSPS) is 47.3. The van der Waals surface area contributed by atoms with Crippen molar-refractivity contribution in [3.63, 3.8) is 0 Å². The highest BCUT2D eigenvalue weighted by molar-refractivity contribution is 5.24. The van der Waals surface area contributed by atoms with Gasteiger partial charge in [-0.1, -0.05) is 39.3 Å². The van der Waals surface area contributed by atoms with Crippen molar-refractivity contribution in [2.24, 2.45) is 28.1 Å². The number of fused-ring (bicyclic) bond motifs is 3. The quantitative estimate of drug-likeness (QED) is 0.684. The van der Waals surface area contributed by atoms with Gasteiger partial charge >= 0.3 is 0 Å². The van der Waals surface area contributed by atoms with Crippen LogP contribution in [-0.2, 0) is 0 Å². The van der Waals surface area contributed by atoms with E-state index in [2.05, 4.69) is 33.8 Å². The van der Waals surface area contributed by atoms with Crippen LogP contribution in [0.3, 0.4) is 0 Å². The smallest absolute Gasteiger partial charge is 0.0827 e. The van der Waals surface area contributed by atoms with E-state index >= 15 is 0 Å². The van der Waals surface area contributed by atoms with E-state index in [1.165, 1.54) is 5.57 Å². The Morgan fingerprint density at radius 2 is 1.87 bits per heavy atom. The molecule has 3 rings (SSSR count). The molecule has 0 heterocycles. The Balaban J connectivity index is 1.90. The molecule has 0 aromatic carbocycles. The van der Waals surface area contributed by atoms with E-state index in [9.17, 15) is 15.3 Å². The second-order valence-electron chi connectivity index (χ2n) is 9.57. The van der Waals surface area contributed by atoms with Gasteiger partial charge in [-0.15, -0.1) is 0 Å². The van der Waals surface area contributed by atoms with E-state index in [-0.39, 0.29) is 29.0 Å². The Labute approximate surface area is 140 Å². The summed E-state index contributed by atoms with van der Waals surface area (Å²) in [4.78, 5) is 0. The zero-order valence-corrected chi connectivity index (χ0v) is 15.2. The van der Waals surface area contributed by atoms with Crippen LogP contribution in [0.15, 0.2) is 11.6 Å². The van der Waals surface area contributed by atoms with Crippen LogP contribution in [0, 0.1) is 28.1 Å². The molecule has 3 aliphatic carbocycles. The fourth-order valence-electron chi connectivity index (χ4n) is 6.15. The molecule has 0 saturated heterocycles. The summed E-state index contributed by atoms with van der Waals surface area (Å²) in [6, 6.07) is 0. The topological polar surface area (TPSA) is 60.7 Å². The van der Waals surface area contributed by atoms with E-state index in [4.69, 9.17) is 0 Å². The van der Waals surface area contributed by atoms with E-state index in [0.29, 0.717) is 11.8 Å². The molecule has 2 fully saturated rings. The van der Waals surface area contributed by atoms with E-state index < -0.39 is 6.10 Å². The zero-order valence-electron chi connectivity index (χ0n) is 15.2. The molecule has 6 atom stereocenters. The lowest BCUT2D eigenvalue weighted by molar-refractivity contribution is -0.125. The largest absolute Gasteiger partial charge is 0.394 e. The summed E-state index contributed by atoms with van der Waals surface area (Å²) in [5.41, 5.74) is 1.54. The maximum absolute atomic E-state index is 10.5. The zero-order chi connectivity index (χ0) is 17.0. The molecule has 0 aromatic heterocycles. The third-order valence-electron chi connectivity index (χ3n) is 7.96. The fourth-order valence-corrected chi connectivity index (χ4v) is 6.15. The van der Waals surface area contributed by atoms with Gasteiger partial charge in [0.1, 0.15) is 0 Å². The lowest BCUT2D eigenvalue weighted by Crippen LogP contribution is -2.55. The third-order valence-corrected chi connectivity index (χ3v) is 7.96. The summed E-state index contributed by atoms with van der Waals surface area (Å²) >= 11 is 0. The lowest BCUT2D eigenvalue weighted by atomic mass is 9.45. The number of hydrogen-bond acceptors (Lipinski definition) is 3. The van der Waals surface area contributed by atoms with Crippen LogP contribution in [0.5, 0.6) is 0 Å². The molecule has 3 heteroatoms. The first-order valence-electron chi connectivity index (χ1n) is 9.31. The summed E-state index contributed by atoms with van der Waals surface area (Å²) in [5.74, 6) is 1.10. The highest BCUT2D eigenvalue weighted by Crippen LogP contribution is 2.63. The maximum atomic E-state index is 10.5. The van der Waals surface area contributed by atoms with Crippen LogP contribution in [0.4, 0.5) is 0 Å². The summed E-state index contributed by atoms with van der Waals surface area (Å²) in [7, 11) is 0. The average Bonchev–Trinajstić information content (AvgIpc) is 2.50. The van der Waals surface area contributed by atoms with Gasteiger partial charge in [0.2, 0.25) is 0 Å². The molecular formula is C20H34O3. The van der Waals surface area contributed by atoms with Gasteiger partial charge in [0.25, 0.3) is 0 Å². The minimum Gasteiger partial charge on any atom is -0.394 e. The van der Waals surface area contributed by atoms with Gasteiger partial charge in [-0.25, -0.2) is 0 Å². The minimum atomic E-state index is -0.625. The van der Waals surface area contributed by atoms with Crippen LogP contribution in [0.1, 0.15) is 66.2 Å². The number of allylic oxidation sites excluding steroid dienone is 2. The van der Waals surface area contributed by atoms with Crippen molar-refractivity contribution in [1.82, 2.24) is 0 Å². The number of rotatable bonds is 2. The van der Waals surface area contributed by atoms with Gasteiger partial charge in [-0.05, 0) is 66.6 Å². The fraction of sp³-hybridized carbons (Fsp3) is 0.900. The van der Waals surface area contributed by atoms with Gasteiger partial charge in [0.15, 0.2) is 0 Å². The Hall–Kier alpha value is -0.380. The third kappa shape index (κ3) is 2.51. The summed E-state index contributed by atoms with van der Waals surface area (Å²) < 4.78 is 0. The second-order valence-corrected chi connectivity index (χ2v) is 9.57. The molecule has 0 spiro atoms. The van der Waals surface area contributed by atoms with Crippen LogP contribution < -0.4 is 0 Å². The number of aliphatic hydroxyl groups excluding tert-OH is 3. The van der Waals surface area contributed by atoms with Gasteiger partial charge in [-0.3, -0.25) is 0 Å². The summed E-state index contributed by atoms with van der Waals surface area (Å²) in [6.07, 6.45) is 7.60. The standard InChI is InChI=1S/C20H34O3/c1-18(2)15-6-5-13-11-19(3,17(23)12-21)9-7-14(13)20(15,4)10-8-16(18)22/h5,14-17,21-23H,6-12H2,1-4H3/t14-,15-,16+,17-,19+,20+/m1/s1. The van der Waals surface area contributed by atoms with Crippen molar-refractivity contribution in [2.75, 3.05) is 6.61 Å². The molecule has 0 bridgehead atoms. The number of aliphatic hydroxyl groups is 3.